The summed E-state index contributed by atoms with van der Waals surface area (Å²) in [5.74, 6) is 0.184. The first-order valence-corrected chi connectivity index (χ1v) is 6.84. The number of pyridine rings is 1. The molecule has 1 heterocycles. The predicted molar refractivity (Wildman–Crippen MR) is 70.9 cm³/mol. The number of nitrogens with two attached hydrogens (primary N) is 1. The fraction of sp³-hybridized carbons (Fsp3) is 0. The molecule has 0 aliphatic heterocycles. The van der Waals surface area contributed by atoms with Crippen LogP contribution in [-0.4, -0.2) is 13.4 Å². The van der Waals surface area contributed by atoms with E-state index in [0.717, 1.165) is 0 Å². The molecule has 0 fully saturated rings. The van der Waals surface area contributed by atoms with E-state index in [9.17, 15) is 8.42 Å². The van der Waals surface area contributed by atoms with Crippen molar-refractivity contribution in [1.82, 2.24) is 4.98 Å². The molecule has 1 aromatic heterocycles. The maximum atomic E-state index is 12.0. The van der Waals surface area contributed by atoms with Gasteiger partial charge in [0.2, 0.25) is 0 Å². The Labute approximate surface area is 110 Å². The van der Waals surface area contributed by atoms with Crippen LogP contribution < -0.4 is 10.5 Å². The summed E-state index contributed by atoms with van der Waals surface area (Å²) in [7, 11) is -3.74. The van der Waals surface area contributed by atoms with Gasteiger partial charge in [0.25, 0.3) is 10.0 Å². The Morgan fingerprint density at radius 2 is 1.89 bits per heavy atom. The van der Waals surface area contributed by atoms with Gasteiger partial charge < -0.3 is 5.73 Å². The highest BCUT2D eigenvalue weighted by Crippen LogP contribution is 2.22. The Balaban J connectivity index is 2.33. The summed E-state index contributed by atoms with van der Waals surface area (Å²) in [6.45, 7) is 0. The third-order valence-electron chi connectivity index (χ3n) is 2.15. The van der Waals surface area contributed by atoms with E-state index in [2.05, 4.69) is 9.71 Å². The number of nitrogen functional groups attached to an aromatic ring is 1. The molecule has 5 nitrogen and oxygen atoms in total. The molecular formula is C11H10ClN3O2S. The molecule has 3 N–H and O–H groups in total. The molecule has 0 spiro atoms. The van der Waals surface area contributed by atoms with Crippen LogP contribution >= 0.6 is 11.6 Å². The van der Waals surface area contributed by atoms with Gasteiger partial charge >= 0.3 is 0 Å². The van der Waals surface area contributed by atoms with E-state index in [1.165, 1.54) is 24.4 Å². The van der Waals surface area contributed by atoms with Crippen molar-refractivity contribution in [3.05, 3.63) is 47.6 Å². The largest absolute Gasteiger partial charge is 0.397 e. The molecule has 18 heavy (non-hydrogen) atoms. The second-order valence-corrected chi connectivity index (χ2v) is 5.57. The average molecular weight is 284 g/mol. The Bertz CT molecular complexity index is 656. The van der Waals surface area contributed by atoms with E-state index >= 15 is 0 Å². The van der Waals surface area contributed by atoms with E-state index in [1.54, 1.807) is 18.2 Å². The molecule has 0 bridgehead atoms. The van der Waals surface area contributed by atoms with Gasteiger partial charge in [-0.2, -0.15) is 0 Å². The molecule has 0 unspecified atom stereocenters. The van der Waals surface area contributed by atoms with Gasteiger partial charge in [0.1, 0.15) is 10.7 Å². The predicted octanol–water partition coefficient (Wildman–Crippen LogP) is 2.12. The zero-order valence-electron chi connectivity index (χ0n) is 9.17. The lowest BCUT2D eigenvalue weighted by molar-refractivity contribution is 0.601. The van der Waals surface area contributed by atoms with Crippen LogP contribution in [0.5, 0.6) is 0 Å². The SMILES string of the molecule is Nc1ccc(NS(=O)(=O)c2ccccc2Cl)nc1. The molecule has 0 amide bonds. The number of nitrogens with zero attached hydrogens (tertiary/aromatic N) is 1. The maximum absolute atomic E-state index is 12.0. The molecule has 1 aromatic carbocycles. The molecule has 0 saturated heterocycles. The first-order chi connectivity index (χ1) is 8.49. The lowest BCUT2D eigenvalue weighted by Crippen LogP contribution is -2.14. The molecule has 0 aliphatic rings. The van der Waals surface area contributed by atoms with Crippen molar-refractivity contribution < 1.29 is 8.42 Å². The molecule has 2 aromatic rings. The Morgan fingerprint density at radius 1 is 1.17 bits per heavy atom. The molecule has 0 saturated carbocycles. The van der Waals surface area contributed by atoms with Crippen LogP contribution in [0.2, 0.25) is 5.02 Å². The second-order valence-electron chi connectivity index (χ2n) is 3.51. The Morgan fingerprint density at radius 3 is 2.50 bits per heavy atom. The number of nitrogens with one attached hydrogen (secondary N) is 1. The number of halogens is 1. The molecule has 0 aliphatic carbocycles. The number of anilines is 2. The third-order valence-corrected chi connectivity index (χ3v) is 4.01. The topological polar surface area (TPSA) is 85.1 Å². The number of aromatic nitrogens is 1. The van der Waals surface area contributed by atoms with Crippen molar-refractivity contribution in [2.75, 3.05) is 10.5 Å². The minimum atomic E-state index is -3.74. The Kier molecular flexibility index (Phi) is 3.40. The van der Waals surface area contributed by atoms with Crippen LogP contribution in [0.25, 0.3) is 0 Å². The van der Waals surface area contributed by atoms with E-state index in [0.29, 0.717) is 5.69 Å². The fourth-order valence-electron chi connectivity index (χ4n) is 1.32. The van der Waals surface area contributed by atoms with Crippen LogP contribution in [-0.2, 0) is 10.0 Å². The maximum Gasteiger partial charge on any atom is 0.264 e. The highest BCUT2D eigenvalue weighted by molar-refractivity contribution is 7.92. The van der Waals surface area contributed by atoms with Gasteiger partial charge in [-0.1, -0.05) is 23.7 Å². The summed E-state index contributed by atoms with van der Waals surface area (Å²) in [6.07, 6.45) is 1.37. The zero-order chi connectivity index (χ0) is 13.2. The van der Waals surface area contributed by atoms with Crippen molar-refractivity contribution in [2.24, 2.45) is 0 Å². The minimum absolute atomic E-state index is 0.00490. The summed E-state index contributed by atoms with van der Waals surface area (Å²) in [6, 6.07) is 9.20. The molecule has 2 rings (SSSR count). The summed E-state index contributed by atoms with van der Waals surface area (Å²) < 4.78 is 26.4. The number of rotatable bonds is 3. The molecule has 0 radical (unpaired) electrons. The molecule has 7 heteroatoms. The minimum Gasteiger partial charge on any atom is -0.397 e. The third kappa shape index (κ3) is 2.72. The van der Waals surface area contributed by atoms with Crippen LogP contribution in [0.3, 0.4) is 0 Å². The van der Waals surface area contributed by atoms with Crippen molar-refractivity contribution >= 4 is 33.1 Å². The lowest BCUT2D eigenvalue weighted by atomic mass is 10.4. The van der Waals surface area contributed by atoms with Gasteiger partial charge in [0.15, 0.2) is 0 Å². The van der Waals surface area contributed by atoms with Crippen molar-refractivity contribution in [1.29, 1.82) is 0 Å². The fourth-order valence-corrected chi connectivity index (χ4v) is 2.85. The van der Waals surface area contributed by atoms with E-state index in [4.69, 9.17) is 17.3 Å². The first kappa shape index (κ1) is 12.7. The summed E-state index contributed by atoms with van der Waals surface area (Å²) in [5.41, 5.74) is 5.92. The zero-order valence-corrected chi connectivity index (χ0v) is 10.7. The number of sulfonamides is 1. The number of hydrogen-bond donors (Lipinski definition) is 2. The van der Waals surface area contributed by atoms with Crippen LogP contribution in [0, 0.1) is 0 Å². The van der Waals surface area contributed by atoms with Crippen molar-refractivity contribution in [2.45, 2.75) is 4.90 Å². The standard InChI is InChI=1S/C11H10ClN3O2S/c12-9-3-1-2-4-10(9)18(16,17)15-11-6-5-8(13)7-14-11/h1-7H,13H2,(H,14,15). The number of hydrogen-bond acceptors (Lipinski definition) is 4. The van der Waals surface area contributed by atoms with E-state index < -0.39 is 10.0 Å². The van der Waals surface area contributed by atoms with Crippen LogP contribution in [0.15, 0.2) is 47.5 Å². The summed E-state index contributed by atoms with van der Waals surface area (Å²) >= 11 is 5.84. The monoisotopic (exact) mass is 283 g/mol. The van der Waals surface area contributed by atoms with Gasteiger partial charge in [-0.3, -0.25) is 4.72 Å². The Hall–Kier alpha value is -1.79. The van der Waals surface area contributed by atoms with Gasteiger partial charge in [0, 0.05) is 0 Å². The smallest absolute Gasteiger partial charge is 0.264 e. The van der Waals surface area contributed by atoms with E-state index in [-0.39, 0.29) is 15.7 Å². The normalized spacial score (nSPS) is 11.2. The van der Waals surface area contributed by atoms with Crippen LogP contribution in [0.4, 0.5) is 11.5 Å². The molecular weight excluding hydrogens is 274 g/mol. The quantitative estimate of drug-likeness (QED) is 0.903. The highest BCUT2D eigenvalue weighted by Gasteiger charge is 2.17. The van der Waals surface area contributed by atoms with Crippen LogP contribution in [0.1, 0.15) is 0 Å². The van der Waals surface area contributed by atoms with Gasteiger partial charge in [-0.15, -0.1) is 0 Å². The number of benzene rings is 1. The van der Waals surface area contributed by atoms with E-state index in [1.807, 2.05) is 0 Å². The average Bonchev–Trinajstić information content (AvgIpc) is 2.32. The summed E-state index contributed by atoms with van der Waals surface area (Å²) in [4.78, 5) is 3.87. The molecule has 0 atom stereocenters. The second kappa shape index (κ2) is 4.83. The van der Waals surface area contributed by atoms with Gasteiger partial charge in [-0.05, 0) is 24.3 Å². The summed E-state index contributed by atoms with van der Waals surface area (Å²) in [5, 5.41) is 0.153. The van der Waals surface area contributed by atoms with Crippen molar-refractivity contribution in [3.63, 3.8) is 0 Å². The van der Waals surface area contributed by atoms with Gasteiger partial charge in [0.05, 0.1) is 16.9 Å². The molecule has 94 valence electrons. The van der Waals surface area contributed by atoms with Crippen molar-refractivity contribution in [3.8, 4) is 0 Å². The highest BCUT2D eigenvalue weighted by atomic mass is 35.5. The first-order valence-electron chi connectivity index (χ1n) is 4.98. The lowest BCUT2D eigenvalue weighted by Gasteiger charge is -2.08. The van der Waals surface area contributed by atoms with Gasteiger partial charge in [-0.25, -0.2) is 13.4 Å².